The van der Waals surface area contributed by atoms with Crippen molar-refractivity contribution in [3.8, 4) is 0 Å². The van der Waals surface area contributed by atoms with Crippen LogP contribution in [-0.2, 0) is 20.7 Å². The molecule has 0 heterocycles. The Hall–Kier alpha value is -3.97. The molecular weight excluding hydrogens is 444 g/mol. The van der Waals surface area contributed by atoms with Crippen LogP contribution in [0.15, 0.2) is 91.0 Å². The molecule has 3 aromatic carbocycles. The van der Waals surface area contributed by atoms with Gasteiger partial charge in [-0.25, -0.2) is 4.79 Å². The molecule has 0 fully saturated rings. The fraction of sp³-hybridized carbons (Fsp3) is 0.250. The van der Waals surface area contributed by atoms with Gasteiger partial charge >= 0.3 is 5.97 Å². The average Bonchev–Trinajstić information content (AvgIpc) is 2.91. The summed E-state index contributed by atoms with van der Waals surface area (Å²) in [6.45, 7) is 0. The first-order valence-electron chi connectivity index (χ1n) is 11.5. The second-order valence-electron chi connectivity index (χ2n) is 8.13. The van der Waals surface area contributed by atoms with Crippen LogP contribution in [0.3, 0.4) is 0 Å². The highest BCUT2D eigenvalue weighted by molar-refractivity contribution is 5.95. The quantitative estimate of drug-likeness (QED) is 0.370. The molecule has 0 aliphatic rings. The maximum absolute atomic E-state index is 13.0. The van der Waals surface area contributed by atoms with E-state index in [1.165, 1.54) is 7.11 Å². The third kappa shape index (κ3) is 7.52. The molecule has 0 saturated heterocycles. The standard InChI is InChI=1S/C28H30N2O5/c1-35-28(34)23(19-11-14-20-12-5-2-6-13-20)29-27(33)25(31)24(21-15-7-3-8-16-21)30-26(32)22-17-9-4-10-18-22/h2-10,12-13,15-18,23-25,31H,11,14,19H2,1H3,(H,29,33)(H,30,32)/t23-,24-,25+/m0/s1. The predicted octanol–water partition coefficient (Wildman–Crippen LogP) is 3.20. The summed E-state index contributed by atoms with van der Waals surface area (Å²) in [5.74, 6) is -1.80. The van der Waals surface area contributed by atoms with Gasteiger partial charge in [-0.2, -0.15) is 0 Å². The minimum Gasteiger partial charge on any atom is -0.467 e. The summed E-state index contributed by atoms with van der Waals surface area (Å²) in [7, 11) is 1.25. The summed E-state index contributed by atoms with van der Waals surface area (Å²) in [4.78, 5) is 38.1. The minimum atomic E-state index is -1.63. The molecule has 182 valence electrons. The number of aryl methyl sites for hydroxylation is 1. The number of aliphatic hydroxyl groups excluding tert-OH is 1. The molecule has 3 atom stereocenters. The lowest BCUT2D eigenvalue weighted by Gasteiger charge is -2.26. The Morgan fingerprint density at radius 1 is 0.829 bits per heavy atom. The maximum Gasteiger partial charge on any atom is 0.328 e. The zero-order valence-corrected chi connectivity index (χ0v) is 19.6. The zero-order valence-electron chi connectivity index (χ0n) is 19.6. The smallest absolute Gasteiger partial charge is 0.328 e. The van der Waals surface area contributed by atoms with Gasteiger partial charge in [0.25, 0.3) is 11.8 Å². The highest BCUT2D eigenvalue weighted by Gasteiger charge is 2.32. The van der Waals surface area contributed by atoms with Crippen LogP contribution < -0.4 is 10.6 Å². The van der Waals surface area contributed by atoms with E-state index in [-0.39, 0.29) is 0 Å². The molecule has 2 amide bonds. The van der Waals surface area contributed by atoms with Crippen molar-refractivity contribution in [1.82, 2.24) is 10.6 Å². The fourth-order valence-corrected chi connectivity index (χ4v) is 3.77. The van der Waals surface area contributed by atoms with Crippen LogP contribution in [0.4, 0.5) is 0 Å². The highest BCUT2D eigenvalue weighted by Crippen LogP contribution is 2.19. The van der Waals surface area contributed by atoms with Crippen LogP contribution in [0.1, 0.15) is 40.4 Å². The third-order valence-corrected chi connectivity index (χ3v) is 5.67. The van der Waals surface area contributed by atoms with Gasteiger partial charge in [0.1, 0.15) is 6.04 Å². The SMILES string of the molecule is COC(=O)[C@H](CCCc1ccccc1)NC(=O)[C@H](O)[C@@H](NC(=O)c1ccccc1)c1ccccc1. The number of esters is 1. The van der Waals surface area contributed by atoms with Gasteiger partial charge in [-0.05, 0) is 42.5 Å². The van der Waals surface area contributed by atoms with E-state index in [1.807, 2.05) is 30.3 Å². The van der Waals surface area contributed by atoms with Gasteiger partial charge in [0.15, 0.2) is 6.10 Å². The summed E-state index contributed by atoms with van der Waals surface area (Å²) >= 11 is 0. The maximum atomic E-state index is 13.0. The van der Waals surface area contributed by atoms with Crippen molar-refractivity contribution in [2.75, 3.05) is 7.11 Å². The number of benzene rings is 3. The Bertz CT molecular complexity index is 1090. The van der Waals surface area contributed by atoms with Gasteiger partial charge in [0, 0.05) is 5.56 Å². The van der Waals surface area contributed by atoms with Crippen LogP contribution in [0, 0.1) is 0 Å². The van der Waals surface area contributed by atoms with E-state index in [4.69, 9.17) is 4.74 Å². The topological polar surface area (TPSA) is 105 Å². The Labute approximate surface area is 205 Å². The number of aliphatic hydroxyl groups is 1. The van der Waals surface area contributed by atoms with Crippen LogP contribution in [0.2, 0.25) is 0 Å². The summed E-state index contributed by atoms with van der Waals surface area (Å²) in [5.41, 5.74) is 2.07. The first-order chi connectivity index (χ1) is 17.0. The van der Waals surface area contributed by atoms with E-state index in [1.54, 1.807) is 60.7 Å². The van der Waals surface area contributed by atoms with Gasteiger partial charge < -0.3 is 20.5 Å². The van der Waals surface area contributed by atoms with E-state index in [9.17, 15) is 19.5 Å². The molecule has 7 nitrogen and oxygen atoms in total. The Morgan fingerprint density at radius 3 is 2.00 bits per heavy atom. The number of amides is 2. The molecule has 0 aliphatic carbocycles. The lowest BCUT2D eigenvalue weighted by Crippen LogP contribution is -2.50. The van der Waals surface area contributed by atoms with Crippen molar-refractivity contribution in [3.63, 3.8) is 0 Å². The number of carbonyl (C=O) groups is 3. The van der Waals surface area contributed by atoms with Crippen LogP contribution in [0.5, 0.6) is 0 Å². The molecule has 0 aromatic heterocycles. The predicted molar refractivity (Wildman–Crippen MR) is 132 cm³/mol. The molecular formula is C28H30N2O5. The highest BCUT2D eigenvalue weighted by atomic mass is 16.5. The summed E-state index contributed by atoms with van der Waals surface area (Å²) in [5, 5.41) is 16.3. The Balaban J connectivity index is 1.71. The number of hydrogen-bond donors (Lipinski definition) is 3. The summed E-state index contributed by atoms with van der Waals surface area (Å²) < 4.78 is 4.86. The van der Waals surface area contributed by atoms with E-state index < -0.39 is 36.0 Å². The van der Waals surface area contributed by atoms with Crippen molar-refractivity contribution in [3.05, 3.63) is 108 Å². The largest absolute Gasteiger partial charge is 0.467 e. The molecule has 0 aliphatic heterocycles. The molecule has 7 heteroatoms. The molecule has 0 saturated carbocycles. The molecule has 0 radical (unpaired) electrons. The van der Waals surface area contributed by atoms with E-state index in [2.05, 4.69) is 10.6 Å². The lowest BCUT2D eigenvalue weighted by molar-refractivity contribution is -0.146. The van der Waals surface area contributed by atoms with Gasteiger partial charge in [-0.15, -0.1) is 0 Å². The third-order valence-electron chi connectivity index (χ3n) is 5.67. The van der Waals surface area contributed by atoms with Gasteiger partial charge in [-0.3, -0.25) is 9.59 Å². The number of ether oxygens (including phenoxy) is 1. The van der Waals surface area contributed by atoms with Crippen molar-refractivity contribution >= 4 is 17.8 Å². The van der Waals surface area contributed by atoms with Crippen LogP contribution in [-0.4, -0.2) is 42.1 Å². The van der Waals surface area contributed by atoms with Crippen molar-refractivity contribution in [2.45, 2.75) is 37.5 Å². The van der Waals surface area contributed by atoms with Gasteiger partial charge in [-0.1, -0.05) is 78.9 Å². The molecule has 3 N–H and O–H groups in total. The first-order valence-corrected chi connectivity index (χ1v) is 11.5. The van der Waals surface area contributed by atoms with E-state index in [0.29, 0.717) is 24.0 Å². The minimum absolute atomic E-state index is 0.340. The second-order valence-corrected chi connectivity index (χ2v) is 8.13. The number of carbonyl (C=O) groups excluding carboxylic acids is 3. The molecule has 3 aromatic rings. The van der Waals surface area contributed by atoms with E-state index >= 15 is 0 Å². The van der Waals surface area contributed by atoms with Gasteiger partial charge in [0.2, 0.25) is 0 Å². The van der Waals surface area contributed by atoms with Crippen molar-refractivity contribution in [1.29, 1.82) is 0 Å². The normalized spacial score (nSPS) is 13.2. The molecule has 0 spiro atoms. The van der Waals surface area contributed by atoms with Crippen molar-refractivity contribution in [2.24, 2.45) is 0 Å². The number of rotatable bonds is 11. The zero-order chi connectivity index (χ0) is 25.0. The first kappa shape index (κ1) is 25.6. The molecule has 3 rings (SSSR count). The molecule has 35 heavy (non-hydrogen) atoms. The Morgan fingerprint density at radius 2 is 1.40 bits per heavy atom. The van der Waals surface area contributed by atoms with Crippen LogP contribution >= 0.6 is 0 Å². The second kappa shape index (κ2) is 13.1. The summed E-state index contributed by atoms with van der Waals surface area (Å²) in [6, 6.07) is 25.1. The average molecular weight is 475 g/mol. The Kier molecular flexibility index (Phi) is 9.57. The molecule has 0 bridgehead atoms. The fourth-order valence-electron chi connectivity index (χ4n) is 3.77. The number of nitrogens with one attached hydrogen (secondary N) is 2. The monoisotopic (exact) mass is 474 g/mol. The number of hydrogen-bond acceptors (Lipinski definition) is 5. The molecule has 0 unspecified atom stereocenters. The van der Waals surface area contributed by atoms with Crippen LogP contribution in [0.25, 0.3) is 0 Å². The van der Waals surface area contributed by atoms with E-state index in [0.717, 1.165) is 12.0 Å². The lowest BCUT2D eigenvalue weighted by atomic mass is 9.99. The van der Waals surface area contributed by atoms with Gasteiger partial charge in [0.05, 0.1) is 13.2 Å². The van der Waals surface area contributed by atoms with Crippen molar-refractivity contribution < 1.29 is 24.2 Å². The number of methoxy groups -OCH3 is 1. The summed E-state index contributed by atoms with van der Waals surface area (Å²) in [6.07, 6.45) is 0.0673.